The topological polar surface area (TPSA) is 79.3 Å². The first-order valence-corrected chi connectivity index (χ1v) is 6.75. The number of halogens is 5. The molecule has 130 valence electrons. The van der Waals surface area contributed by atoms with Crippen LogP contribution in [0.25, 0.3) is 10.9 Å². The minimum Gasteiger partial charge on any atom is -0.475 e. The van der Waals surface area contributed by atoms with Gasteiger partial charge in [-0.2, -0.15) is 13.2 Å². The van der Waals surface area contributed by atoms with Crippen LogP contribution in [0.2, 0.25) is 0 Å². The van der Waals surface area contributed by atoms with Crippen molar-refractivity contribution in [3.05, 3.63) is 42.1 Å². The van der Waals surface area contributed by atoms with Crippen LogP contribution in [0.1, 0.15) is 5.56 Å². The Morgan fingerprint density at radius 1 is 1.25 bits per heavy atom. The lowest BCUT2D eigenvalue weighted by atomic mass is 10.1. The van der Waals surface area contributed by atoms with E-state index in [1.165, 1.54) is 0 Å². The predicted molar refractivity (Wildman–Crippen MR) is 78.0 cm³/mol. The van der Waals surface area contributed by atoms with Crippen LogP contribution in [0.15, 0.2) is 36.5 Å². The fourth-order valence-electron chi connectivity index (χ4n) is 1.57. The number of carboxylic acids is 1. The number of rotatable bonds is 3. The van der Waals surface area contributed by atoms with Gasteiger partial charge >= 0.3 is 12.1 Å². The number of hydrogen-bond acceptors (Lipinski definition) is 3. The summed E-state index contributed by atoms with van der Waals surface area (Å²) in [4.78, 5) is 24.1. The molecule has 0 aliphatic heterocycles. The quantitative estimate of drug-likeness (QED) is 0.646. The van der Waals surface area contributed by atoms with Crippen molar-refractivity contribution in [2.45, 2.75) is 18.4 Å². The summed E-state index contributed by atoms with van der Waals surface area (Å²) < 4.78 is 44.2. The number of hydrogen-bond donors (Lipinski definition) is 2. The van der Waals surface area contributed by atoms with Crippen molar-refractivity contribution in [1.29, 1.82) is 0 Å². The highest BCUT2D eigenvalue weighted by molar-refractivity contribution is 6.29. The summed E-state index contributed by atoms with van der Waals surface area (Å²) in [6.07, 6.45) is -3.41. The fourth-order valence-corrected chi connectivity index (χ4v) is 1.65. The second-order valence-electron chi connectivity index (χ2n) is 4.31. The largest absolute Gasteiger partial charge is 0.490 e. The molecule has 1 aromatic carbocycles. The van der Waals surface area contributed by atoms with Crippen molar-refractivity contribution in [3.8, 4) is 0 Å². The molecule has 10 heteroatoms. The van der Waals surface area contributed by atoms with Crippen LogP contribution < -0.4 is 5.32 Å². The Morgan fingerprint density at radius 3 is 2.38 bits per heavy atom. The third-order valence-electron chi connectivity index (χ3n) is 2.61. The van der Waals surface area contributed by atoms with Crippen LogP contribution in [0.3, 0.4) is 0 Å². The van der Waals surface area contributed by atoms with Gasteiger partial charge in [-0.3, -0.25) is 9.78 Å². The molecule has 0 radical (unpaired) electrons. The summed E-state index contributed by atoms with van der Waals surface area (Å²) in [7, 11) is 0. The number of aromatic nitrogens is 1. The van der Waals surface area contributed by atoms with Gasteiger partial charge in [0, 0.05) is 18.1 Å². The van der Waals surface area contributed by atoms with E-state index < -0.39 is 23.7 Å². The first-order chi connectivity index (χ1) is 11.1. The van der Waals surface area contributed by atoms with Gasteiger partial charge in [0.1, 0.15) is 0 Å². The number of fused-ring (bicyclic) bond motifs is 1. The molecule has 1 aromatic heterocycles. The molecule has 1 amide bonds. The van der Waals surface area contributed by atoms with Crippen molar-refractivity contribution < 1.29 is 32.3 Å². The van der Waals surface area contributed by atoms with Gasteiger partial charge in [-0.15, -0.1) is 0 Å². The molecule has 1 unspecified atom stereocenters. The minimum atomic E-state index is -5.08. The third kappa shape index (κ3) is 5.99. The summed E-state index contributed by atoms with van der Waals surface area (Å²) in [5.41, 5.74) is -0.396. The molecule has 0 aliphatic rings. The SMILES string of the molecule is O=C(NCc1cccc2cccnc12)C(F)Cl.O=C(O)C(F)(F)F. The van der Waals surface area contributed by atoms with E-state index in [4.69, 9.17) is 21.5 Å². The monoisotopic (exact) mass is 366 g/mol. The molecule has 1 heterocycles. The number of amides is 1. The number of para-hydroxylation sites is 1. The Labute approximate surface area is 138 Å². The minimum absolute atomic E-state index is 0.209. The van der Waals surface area contributed by atoms with Gasteiger partial charge in [-0.1, -0.05) is 35.9 Å². The Balaban J connectivity index is 0.000000351. The van der Waals surface area contributed by atoms with Crippen molar-refractivity contribution in [2.75, 3.05) is 0 Å². The standard InChI is InChI=1S/C12H10ClFN2O.C2HF3O2/c13-11(14)12(17)16-7-9-4-1-3-8-5-2-6-15-10(8)9;3-2(4,5)1(6)7/h1-6,11H,7H2,(H,16,17);(H,6,7). The molecule has 0 bridgehead atoms. The Bertz CT molecular complexity index is 717. The van der Waals surface area contributed by atoms with Crippen molar-refractivity contribution >= 4 is 34.4 Å². The van der Waals surface area contributed by atoms with Gasteiger partial charge in [-0.05, 0) is 11.6 Å². The summed E-state index contributed by atoms with van der Waals surface area (Å²) >= 11 is 5.02. The van der Waals surface area contributed by atoms with Gasteiger partial charge in [0.25, 0.3) is 11.5 Å². The third-order valence-corrected chi connectivity index (χ3v) is 2.81. The van der Waals surface area contributed by atoms with Gasteiger partial charge in [0.2, 0.25) is 0 Å². The van der Waals surface area contributed by atoms with Gasteiger partial charge in [0.05, 0.1) is 5.52 Å². The molecule has 0 saturated heterocycles. The molecule has 0 fully saturated rings. The average molecular weight is 367 g/mol. The number of carbonyl (C=O) groups excluding carboxylic acids is 1. The van der Waals surface area contributed by atoms with Crippen LogP contribution >= 0.6 is 11.6 Å². The summed E-state index contributed by atoms with van der Waals surface area (Å²) in [6.45, 7) is 0.209. The molecular formula is C14H11ClF4N2O3. The number of alkyl halides is 5. The van der Waals surface area contributed by atoms with E-state index >= 15 is 0 Å². The summed E-state index contributed by atoms with van der Waals surface area (Å²) in [5, 5.41) is 10.5. The van der Waals surface area contributed by atoms with Crippen LogP contribution in [0.4, 0.5) is 17.6 Å². The van der Waals surface area contributed by atoms with E-state index in [0.717, 1.165) is 16.5 Å². The lowest BCUT2D eigenvalue weighted by molar-refractivity contribution is -0.192. The lowest BCUT2D eigenvalue weighted by Gasteiger charge is -2.07. The second-order valence-corrected chi connectivity index (χ2v) is 4.70. The lowest BCUT2D eigenvalue weighted by Crippen LogP contribution is -2.28. The number of carboxylic acid groups (broad SMARTS) is 1. The Hall–Kier alpha value is -2.42. The van der Waals surface area contributed by atoms with E-state index in [1.54, 1.807) is 6.20 Å². The molecule has 0 aliphatic carbocycles. The first-order valence-electron chi connectivity index (χ1n) is 6.31. The second kappa shape index (κ2) is 8.44. The van der Waals surface area contributed by atoms with Crippen LogP contribution in [-0.2, 0) is 16.1 Å². The zero-order valence-electron chi connectivity index (χ0n) is 11.8. The molecule has 5 nitrogen and oxygen atoms in total. The molecule has 0 spiro atoms. The number of nitrogens with zero attached hydrogens (tertiary/aromatic N) is 1. The number of benzene rings is 1. The summed E-state index contributed by atoms with van der Waals surface area (Å²) in [5.74, 6) is -3.59. The Kier molecular flexibility index (Phi) is 6.90. The molecule has 2 N–H and O–H groups in total. The number of nitrogens with one attached hydrogen (secondary N) is 1. The first kappa shape index (κ1) is 19.6. The summed E-state index contributed by atoms with van der Waals surface area (Å²) in [6, 6.07) is 9.37. The van der Waals surface area contributed by atoms with Crippen molar-refractivity contribution in [1.82, 2.24) is 10.3 Å². The van der Waals surface area contributed by atoms with Crippen molar-refractivity contribution in [2.24, 2.45) is 0 Å². The highest BCUT2D eigenvalue weighted by Gasteiger charge is 2.38. The average Bonchev–Trinajstić information content (AvgIpc) is 2.52. The number of aliphatic carboxylic acids is 1. The van der Waals surface area contributed by atoms with Gasteiger partial charge in [-0.25, -0.2) is 9.18 Å². The number of pyridine rings is 1. The maximum Gasteiger partial charge on any atom is 0.490 e. The molecule has 24 heavy (non-hydrogen) atoms. The normalized spacial score (nSPS) is 12.0. The maximum atomic E-state index is 12.4. The van der Waals surface area contributed by atoms with Crippen LogP contribution in [-0.4, -0.2) is 33.8 Å². The zero-order chi connectivity index (χ0) is 18.3. The molecule has 0 saturated carbocycles. The van der Waals surface area contributed by atoms with Crippen LogP contribution in [0.5, 0.6) is 0 Å². The van der Waals surface area contributed by atoms with Crippen molar-refractivity contribution in [3.63, 3.8) is 0 Å². The highest BCUT2D eigenvalue weighted by Crippen LogP contribution is 2.15. The van der Waals surface area contributed by atoms with E-state index in [1.807, 2.05) is 30.3 Å². The molecule has 2 aromatic rings. The van der Waals surface area contributed by atoms with E-state index in [2.05, 4.69) is 10.3 Å². The molecular weight excluding hydrogens is 356 g/mol. The van der Waals surface area contributed by atoms with E-state index in [-0.39, 0.29) is 6.54 Å². The molecule has 1 atom stereocenters. The Morgan fingerprint density at radius 2 is 1.83 bits per heavy atom. The zero-order valence-corrected chi connectivity index (χ0v) is 12.6. The maximum absolute atomic E-state index is 12.4. The number of carbonyl (C=O) groups is 2. The fraction of sp³-hybridized carbons (Fsp3) is 0.214. The van der Waals surface area contributed by atoms with Gasteiger partial charge < -0.3 is 10.4 Å². The van der Waals surface area contributed by atoms with E-state index in [0.29, 0.717) is 0 Å². The van der Waals surface area contributed by atoms with Crippen LogP contribution in [0, 0.1) is 0 Å². The molecule has 2 rings (SSSR count). The smallest absolute Gasteiger partial charge is 0.475 e. The van der Waals surface area contributed by atoms with E-state index in [9.17, 15) is 22.4 Å². The van der Waals surface area contributed by atoms with Gasteiger partial charge in [0.15, 0.2) is 0 Å². The predicted octanol–water partition coefficient (Wildman–Crippen LogP) is 3.02. The highest BCUT2D eigenvalue weighted by atomic mass is 35.5.